The van der Waals surface area contributed by atoms with Crippen LogP contribution < -0.4 is 16.0 Å². The molecule has 3 amide bonds. The number of likely N-dealkylation sites (N-methyl/N-ethyl adjacent to an activating group) is 1. The molecule has 1 aliphatic carbocycles. The lowest BCUT2D eigenvalue weighted by atomic mass is 10.1. The summed E-state index contributed by atoms with van der Waals surface area (Å²) >= 11 is 0. The molecule has 0 spiro atoms. The molecule has 1 aliphatic rings. The number of carbonyl (C=O) groups is 3. The SMILES string of the molecule is CNC(=O)C(=O)Nc1ccccc1C(=O)NC1CC1. The first kappa shape index (κ1) is 13.1. The zero-order chi connectivity index (χ0) is 13.8. The quantitative estimate of drug-likeness (QED) is 0.682. The monoisotopic (exact) mass is 261 g/mol. The van der Waals surface area contributed by atoms with Crippen LogP contribution in [0.25, 0.3) is 0 Å². The van der Waals surface area contributed by atoms with Gasteiger partial charge >= 0.3 is 11.8 Å². The van der Waals surface area contributed by atoms with Crippen molar-refractivity contribution in [1.29, 1.82) is 0 Å². The highest BCUT2D eigenvalue weighted by Gasteiger charge is 2.25. The first-order valence-electron chi connectivity index (χ1n) is 6.04. The minimum absolute atomic E-state index is 0.232. The van der Waals surface area contributed by atoms with Crippen LogP contribution in [0.4, 0.5) is 5.69 Å². The lowest BCUT2D eigenvalue weighted by Crippen LogP contribution is -2.34. The van der Waals surface area contributed by atoms with Crippen molar-refractivity contribution in [3.05, 3.63) is 29.8 Å². The lowest BCUT2D eigenvalue weighted by Gasteiger charge is -2.10. The Morgan fingerprint density at radius 2 is 1.79 bits per heavy atom. The van der Waals surface area contributed by atoms with E-state index in [4.69, 9.17) is 0 Å². The third kappa shape index (κ3) is 3.31. The van der Waals surface area contributed by atoms with Crippen molar-refractivity contribution in [3.63, 3.8) is 0 Å². The van der Waals surface area contributed by atoms with Crippen LogP contribution in [-0.2, 0) is 9.59 Å². The van der Waals surface area contributed by atoms with E-state index in [2.05, 4.69) is 16.0 Å². The first-order chi connectivity index (χ1) is 9.11. The predicted molar refractivity (Wildman–Crippen MR) is 69.6 cm³/mol. The van der Waals surface area contributed by atoms with Crippen LogP contribution in [0, 0.1) is 0 Å². The smallest absolute Gasteiger partial charge is 0.313 e. The van der Waals surface area contributed by atoms with Gasteiger partial charge < -0.3 is 16.0 Å². The summed E-state index contributed by atoms with van der Waals surface area (Å²) in [5, 5.41) is 7.48. The van der Waals surface area contributed by atoms with Gasteiger partial charge in [-0.05, 0) is 25.0 Å². The summed E-state index contributed by atoms with van der Waals surface area (Å²) in [6.45, 7) is 0. The van der Waals surface area contributed by atoms with Crippen molar-refractivity contribution in [2.75, 3.05) is 12.4 Å². The summed E-state index contributed by atoms with van der Waals surface area (Å²) in [6.07, 6.45) is 1.97. The summed E-state index contributed by atoms with van der Waals surface area (Å²) < 4.78 is 0. The number of para-hydroxylation sites is 1. The Bertz CT molecular complexity index is 524. The molecule has 0 saturated heterocycles. The average molecular weight is 261 g/mol. The molecule has 100 valence electrons. The van der Waals surface area contributed by atoms with Gasteiger partial charge in [0.05, 0.1) is 11.3 Å². The summed E-state index contributed by atoms with van der Waals surface area (Å²) in [7, 11) is 1.37. The summed E-state index contributed by atoms with van der Waals surface area (Å²) in [5.74, 6) is -1.79. The Morgan fingerprint density at radius 1 is 1.11 bits per heavy atom. The van der Waals surface area contributed by atoms with E-state index in [1.54, 1.807) is 24.3 Å². The maximum absolute atomic E-state index is 12.0. The van der Waals surface area contributed by atoms with Crippen LogP contribution in [0.2, 0.25) is 0 Å². The maximum Gasteiger partial charge on any atom is 0.313 e. The second-order valence-corrected chi connectivity index (χ2v) is 4.33. The van der Waals surface area contributed by atoms with Gasteiger partial charge in [-0.25, -0.2) is 0 Å². The molecule has 19 heavy (non-hydrogen) atoms. The Morgan fingerprint density at radius 3 is 2.42 bits per heavy atom. The Hall–Kier alpha value is -2.37. The number of rotatable bonds is 3. The average Bonchev–Trinajstić information content (AvgIpc) is 3.22. The fraction of sp³-hybridized carbons (Fsp3) is 0.308. The fourth-order valence-electron chi connectivity index (χ4n) is 1.57. The zero-order valence-corrected chi connectivity index (χ0v) is 10.5. The molecule has 0 bridgehead atoms. The van der Waals surface area contributed by atoms with Gasteiger partial charge in [-0.1, -0.05) is 12.1 Å². The Kier molecular flexibility index (Phi) is 3.79. The van der Waals surface area contributed by atoms with Crippen LogP contribution >= 0.6 is 0 Å². The van der Waals surface area contributed by atoms with E-state index in [0.29, 0.717) is 11.3 Å². The van der Waals surface area contributed by atoms with Gasteiger partial charge in [0.2, 0.25) is 0 Å². The van der Waals surface area contributed by atoms with E-state index in [0.717, 1.165) is 12.8 Å². The van der Waals surface area contributed by atoms with Crippen molar-refractivity contribution >= 4 is 23.4 Å². The molecule has 6 heteroatoms. The number of nitrogens with one attached hydrogen (secondary N) is 3. The van der Waals surface area contributed by atoms with Gasteiger partial charge in [-0.15, -0.1) is 0 Å². The second kappa shape index (κ2) is 5.51. The van der Waals surface area contributed by atoms with Crippen LogP contribution in [0.3, 0.4) is 0 Å². The minimum Gasteiger partial charge on any atom is -0.351 e. The summed E-state index contributed by atoms with van der Waals surface area (Å²) in [6, 6.07) is 6.82. The Labute approximate surface area is 110 Å². The number of benzene rings is 1. The topological polar surface area (TPSA) is 87.3 Å². The van der Waals surface area contributed by atoms with E-state index in [9.17, 15) is 14.4 Å². The predicted octanol–water partition coefficient (Wildman–Crippen LogP) is 0.263. The molecule has 3 N–H and O–H groups in total. The van der Waals surface area contributed by atoms with E-state index in [1.165, 1.54) is 7.05 Å². The molecule has 2 rings (SSSR count). The highest BCUT2D eigenvalue weighted by Crippen LogP contribution is 2.21. The summed E-state index contributed by atoms with van der Waals surface area (Å²) in [4.78, 5) is 34.6. The van der Waals surface area contributed by atoms with Gasteiger partial charge in [0.25, 0.3) is 5.91 Å². The minimum atomic E-state index is -0.797. The molecule has 0 radical (unpaired) electrons. The second-order valence-electron chi connectivity index (χ2n) is 4.33. The van der Waals surface area contributed by atoms with Crippen LogP contribution in [0.5, 0.6) is 0 Å². The van der Waals surface area contributed by atoms with Crippen molar-refractivity contribution in [1.82, 2.24) is 10.6 Å². The highest BCUT2D eigenvalue weighted by atomic mass is 16.2. The molecule has 1 saturated carbocycles. The maximum atomic E-state index is 12.0. The molecule has 0 aromatic heterocycles. The van der Waals surface area contributed by atoms with Crippen molar-refractivity contribution in [3.8, 4) is 0 Å². The molecule has 1 aromatic carbocycles. The molecular formula is C13H15N3O3. The number of hydrogen-bond donors (Lipinski definition) is 3. The van der Waals surface area contributed by atoms with Gasteiger partial charge in [-0.2, -0.15) is 0 Å². The van der Waals surface area contributed by atoms with E-state index in [1.807, 2.05) is 0 Å². The third-order valence-electron chi connectivity index (χ3n) is 2.77. The fourth-order valence-corrected chi connectivity index (χ4v) is 1.57. The summed E-state index contributed by atoms with van der Waals surface area (Å²) in [5.41, 5.74) is 0.681. The molecule has 6 nitrogen and oxygen atoms in total. The largest absolute Gasteiger partial charge is 0.351 e. The molecule has 1 aromatic rings. The van der Waals surface area contributed by atoms with Gasteiger partial charge in [-0.3, -0.25) is 14.4 Å². The number of hydrogen-bond acceptors (Lipinski definition) is 3. The lowest BCUT2D eigenvalue weighted by molar-refractivity contribution is -0.135. The van der Waals surface area contributed by atoms with Crippen molar-refractivity contribution in [2.45, 2.75) is 18.9 Å². The van der Waals surface area contributed by atoms with Crippen molar-refractivity contribution in [2.24, 2.45) is 0 Å². The number of anilines is 1. The van der Waals surface area contributed by atoms with Gasteiger partial charge in [0.1, 0.15) is 0 Å². The van der Waals surface area contributed by atoms with Crippen LogP contribution in [-0.4, -0.2) is 30.8 Å². The van der Waals surface area contributed by atoms with Crippen molar-refractivity contribution < 1.29 is 14.4 Å². The van der Waals surface area contributed by atoms with Gasteiger partial charge in [0.15, 0.2) is 0 Å². The zero-order valence-electron chi connectivity index (χ0n) is 10.5. The molecular weight excluding hydrogens is 246 g/mol. The Balaban J connectivity index is 2.13. The van der Waals surface area contributed by atoms with Crippen LogP contribution in [0.1, 0.15) is 23.2 Å². The molecule has 1 fully saturated rings. The third-order valence-corrected chi connectivity index (χ3v) is 2.77. The number of amides is 3. The molecule has 0 heterocycles. The standard InChI is InChI=1S/C13H15N3O3/c1-14-12(18)13(19)16-10-5-3-2-4-9(10)11(17)15-8-6-7-8/h2-5,8H,6-7H2,1H3,(H,14,18)(H,15,17)(H,16,19). The molecule has 0 aliphatic heterocycles. The van der Waals surface area contributed by atoms with E-state index in [-0.39, 0.29) is 11.9 Å². The number of carbonyl (C=O) groups excluding carboxylic acids is 3. The normalized spacial score (nSPS) is 13.5. The van der Waals surface area contributed by atoms with Crippen LogP contribution in [0.15, 0.2) is 24.3 Å². The van der Waals surface area contributed by atoms with Gasteiger partial charge in [0, 0.05) is 13.1 Å². The molecule has 0 atom stereocenters. The van der Waals surface area contributed by atoms with E-state index < -0.39 is 11.8 Å². The van der Waals surface area contributed by atoms with E-state index >= 15 is 0 Å². The molecule has 0 unspecified atom stereocenters. The highest BCUT2D eigenvalue weighted by molar-refractivity contribution is 6.39. The first-order valence-corrected chi connectivity index (χ1v) is 6.04.